The lowest BCUT2D eigenvalue weighted by molar-refractivity contribution is -0.0882. The number of methoxy groups -OCH3 is 1. The van der Waals surface area contributed by atoms with Crippen molar-refractivity contribution in [2.45, 2.75) is 51.7 Å². The van der Waals surface area contributed by atoms with Crippen LogP contribution in [0, 0.1) is 5.92 Å². The van der Waals surface area contributed by atoms with Crippen LogP contribution in [-0.2, 0) is 21.7 Å². The molecule has 0 bridgehead atoms. The summed E-state index contributed by atoms with van der Waals surface area (Å²) in [5.41, 5.74) is 6.40. The first-order valence-corrected chi connectivity index (χ1v) is 8.27. The Hall–Kier alpha value is -0.720. The van der Waals surface area contributed by atoms with Crippen molar-refractivity contribution in [3.63, 3.8) is 0 Å². The molecule has 0 radical (unpaired) electrons. The first-order valence-electron chi connectivity index (χ1n) is 7.47. The van der Waals surface area contributed by atoms with Crippen LogP contribution in [-0.4, -0.2) is 23.7 Å². The van der Waals surface area contributed by atoms with Crippen molar-refractivity contribution in [1.82, 2.24) is 9.97 Å². The minimum atomic E-state index is -0.413. The quantitative estimate of drug-likeness (QED) is 0.874. The Kier molecular flexibility index (Phi) is 5.57. The molecule has 0 aliphatic heterocycles. The summed E-state index contributed by atoms with van der Waals surface area (Å²) in [5.74, 6) is 1.75. The Morgan fingerprint density at radius 2 is 2.19 bits per heavy atom. The Morgan fingerprint density at radius 1 is 1.43 bits per heavy atom. The van der Waals surface area contributed by atoms with Crippen LogP contribution in [0.5, 0.6) is 0 Å². The third kappa shape index (κ3) is 3.55. The maximum Gasteiger partial charge on any atom is 0.163 e. The second-order valence-corrected chi connectivity index (χ2v) is 6.55. The van der Waals surface area contributed by atoms with Crippen LogP contribution in [0.1, 0.15) is 51.0 Å². The lowest BCUT2D eigenvalue weighted by atomic mass is 9.78. The van der Waals surface area contributed by atoms with E-state index in [1.807, 2.05) is 6.92 Å². The molecule has 1 aliphatic rings. The van der Waals surface area contributed by atoms with Crippen LogP contribution in [0.15, 0.2) is 4.47 Å². The molecule has 1 aromatic heterocycles. The van der Waals surface area contributed by atoms with E-state index in [1.54, 1.807) is 7.11 Å². The standard InChI is InChI=1S/C15H24BrN3O2/c1-4-21-15(7-5-6-10(2)8-15)14-18-11(9-20-3)12(16)13(17)19-14/h10H,4-9H2,1-3H3,(H2,17,18,19). The van der Waals surface area contributed by atoms with Crippen molar-refractivity contribution in [2.24, 2.45) is 5.92 Å². The molecule has 0 saturated heterocycles. The van der Waals surface area contributed by atoms with Gasteiger partial charge >= 0.3 is 0 Å². The van der Waals surface area contributed by atoms with Gasteiger partial charge in [-0.3, -0.25) is 0 Å². The molecule has 2 unspecified atom stereocenters. The molecule has 0 aromatic carbocycles. The minimum Gasteiger partial charge on any atom is -0.383 e. The average molecular weight is 358 g/mol. The van der Waals surface area contributed by atoms with Crippen LogP contribution in [0.25, 0.3) is 0 Å². The van der Waals surface area contributed by atoms with Crippen molar-refractivity contribution in [2.75, 3.05) is 19.5 Å². The molecule has 2 rings (SSSR count). The van der Waals surface area contributed by atoms with Gasteiger partial charge in [0, 0.05) is 13.7 Å². The van der Waals surface area contributed by atoms with Crippen molar-refractivity contribution in [3.05, 3.63) is 16.0 Å². The zero-order valence-electron chi connectivity index (χ0n) is 13.0. The van der Waals surface area contributed by atoms with Crippen molar-refractivity contribution in [1.29, 1.82) is 0 Å². The molecule has 118 valence electrons. The zero-order valence-corrected chi connectivity index (χ0v) is 14.6. The monoisotopic (exact) mass is 357 g/mol. The second kappa shape index (κ2) is 7.03. The molecule has 2 N–H and O–H groups in total. The third-order valence-corrected chi connectivity index (χ3v) is 4.87. The smallest absolute Gasteiger partial charge is 0.163 e. The molecule has 1 aromatic rings. The topological polar surface area (TPSA) is 70.3 Å². The summed E-state index contributed by atoms with van der Waals surface area (Å²) in [5, 5.41) is 0. The minimum absolute atomic E-state index is 0.401. The van der Waals surface area contributed by atoms with E-state index in [2.05, 4.69) is 32.8 Å². The van der Waals surface area contributed by atoms with E-state index in [4.69, 9.17) is 15.2 Å². The highest BCUT2D eigenvalue weighted by molar-refractivity contribution is 9.10. The number of anilines is 1. The van der Waals surface area contributed by atoms with Gasteiger partial charge in [-0.1, -0.05) is 13.3 Å². The van der Waals surface area contributed by atoms with E-state index in [1.165, 1.54) is 6.42 Å². The van der Waals surface area contributed by atoms with E-state index < -0.39 is 5.60 Å². The highest BCUT2D eigenvalue weighted by Gasteiger charge is 2.40. The number of hydrogen-bond donors (Lipinski definition) is 1. The number of hydrogen-bond acceptors (Lipinski definition) is 5. The predicted molar refractivity (Wildman–Crippen MR) is 85.8 cm³/mol. The number of nitrogens with zero attached hydrogens (tertiary/aromatic N) is 2. The Balaban J connectivity index is 2.44. The highest BCUT2D eigenvalue weighted by Crippen LogP contribution is 2.42. The van der Waals surface area contributed by atoms with Crippen molar-refractivity contribution in [3.8, 4) is 0 Å². The molecular weight excluding hydrogens is 334 g/mol. The van der Waals surface area contributed by atoms with Gasteiger partial charge in [0.1, 0.15) is 11.4 Å². The van der Waals surface area contributed by atoms with Gasteiger partial charge in [-0.15, -0.1) is 0 Å². The molecule has 21 heavy (non-hydrogen) atoms. The summed E-state index contributed by atoms with van der Waals surface area (Å²) in [7, 11) is 1.64. The third-order valence-electron chi connectivity index (χ3n) is 4.01. The van der Waals surface area contributed by atoms with Gasteiger partial charge in [0.05, 0.1) is 16.8 Å². The number of rotatable bonds is 5. The zero-order chi connectivity index (χ0) is 15.5. The predicted octanol–water partition coefficient (Wildman–Crippen LogP) is 3.41. The number of nitrogen functional groups attached to an aromatic ring is 1. The lowest BCUT2D eigenvalue weighted by Gasteiger charge is -2.38. The second-order valence-electron chi connectivity index (χ2n) is 5.75. The van der Waals surface area contributed by atoms with E-state index in [0.717, 1.165) is 25.0 Å². The molecule has 1 saturated carbocycles. The molecule has 0 amide bonds. The summed E-state index contributed by atoms with van der Waals surface area (Å²) in [6.07, 6.45) is 4.23. The molecule has 1 heterocycles. The van der Waals surface area contributed by atoms with Crippen LogP contribution in [0.4, 0.5) is 5.82 Å². The molecule has 6 heteroatoms. The molecular formula is C15H24BrN3O2. The summed E-state index contributed by atoms with van der Waals surface area (Å²) in [6, 6.07) is 0. The average Bonchev–Trinajstić information content (AvgIpc) is 2.44. The molecule has 2 atom stereocenters. The normalized spacial score (nSPS) is 26.0. The van der Waals surface area contributed by atoms with Gasteiger partial charge in [-0.05, 0) is 48.0 Å². The first kappa shape index (κ1) is 16.6. The summed E-state index contributed by atoms with van der Waals surface area (Å²) in [6.45, 7) is 5.31. The van der Waals surface area contributed by atoms with E-state index >= 15 is 0 Å². The van der Waals surface area contributed by atoms with Gasteiger partial charge in [0.2, 0.25) is 0 Å². The van der Waals surface area contributed by atoms with Crippen LogP contribution in [0.2, 0.25) is 0 Å². The van der Waals surface area contributed by atoms with Gasteiger partial charge in [0.15, 0.2) is 5.82 Å². The first-order chi connectivity index (χ1) is 10.0. The molecule has 5 nitrogen and oxygen atoms in total. The largest absolute Gasteiger partial charge is 0.383 e. The molecule has 1 aliphatic carbocycles. The van der Waals surface area contributed by atoms with E-state index in [0.29, 0.717) is 35.2 Å². The fourth-order valence-corrected chi connectivity index (χ4v) is 3.42. The lowest BCUT2D eigenvalue weighted by Crippen LogP contribution is -2.37. The molecule has 0 spiro atoms. The fraction of sp³-hybridized carbons (Fsp3) is 0.733. The summed E-state index contributed by atoms with van der Waals surface area (Å²) in [4.78, 5) is 9.19. The number of ether oxygens (including phenoxy) is 2. The SMILES string of the molecule is CCOC1(c2nc(N)c(Br)c(COC)n2)CCCC(C)C1. The number of nitrogens with two attached hydrogens (primary N) is 1. The summed E-state index contributed by atoms with van der Waals surface area (Å²) < 4.78 is 12.0. The van der Waals surface area contributed by atoms with Gasteiger partial charge < -0.3 is 15.2 Å². The van der Waals surface area contributed by atoms with Gasteiger partial charge in [-0.2, -0.15) is 0 Å². The van der Waals surface area contributed by atoms with Crippen molar-refractivity contribution >= 4 is 21.7 Å². The maximum absolute atomic E-state index is 6.12. The summed E-state index contributed by atoms with van der Waals surface area (Å²) >= 11 is 3.44. The Morgan fingerprint density at radius 3 is 2.81 bits per heavy atom. The van der Waals surface area contributed by atoms with Gasteiger partial charge in [-0.25, -0.2) is 9.97 Å². The number of halogens is 1. The highest BCUT2D eigenvalue weighted by atomic mass is 79.9. The van der Waals surface area contributed by atoms with Crippen LogP contribution < -0.4 is 5.73 Å². The Bertz CT molecular complexity index is 494. The van der Waals surface area contributed by atoms with Crippen molar-refractivity contribution < 1.29 is 9.47 Å². The van der Waals surface area contributed by atoms with Crippen LogP contribution >= 0.6 is 15.9 Å². The van der Waals surface area contributed by atoms with E-state index in [9.17, 15) is 0 Å². The molecule has 1 fully saturated rings. The number of aromatic nitrogens is 2. The van der Waals surface area contributed by atoms with Crippen LogP contribution in [0.3, 0.4) is 0 Å². The van der Waals surface area contributed by atoms with E-state index in [-0.39, 0.29) is 0 Å². The van der Waals surface area contributed by atoms with Gasteiger partial charge in [0.25, 0.3) is 0 Å². The fourth-order valence-electron chi connectivity index (χ4n) is 3.13. The Labute approximate surface area is 134 Å². The maximum atomic E-state index is 6.12.